The number of nitrogens with one attached hydrogen (secondary N) is 1. The van der Waals surface area contributed by atoms with Crippen LogP contribution in [0.5, 0.6) is 0 Å². The highest BCUT2D eigenvalue weighted by Crippen LogP contribution is 2.23. The van der Waals surface area contributed by atoms with Crippen molar-refractivity contribution < 1.29 is 0 Å². The van der Waals surface area contributed by atoms with Crippen molar-refractivity contribution in [3.05, 3.63) is 24.3 Å². The highest BCUT2D eigenvalue weighted by atomic mass is 14.9. The summed E-state index contributed by atoms with van der Waals surface area (Å²) in [5, 5.41) is 3.40. The van der Waals surface area contributed by atoms with Gasteiger partial charge in [0.25, 0.3) is 0 Å². The number of hydrogen-bond acceptors (Lipinski definition) is 3. The van der Waals surface area contributed by atoms with Crippen molar-refractivity contribution in [3.8, 4) is 0 Å². The topological polar surface area (TPSA) is 37.8 Å². The van der Waals surface area contributed by atoms with Crippen molar-refractivity contribution in [2.45, 2.75) is 25.2 Å². The second kappa shape index (κ2) is 4.33. The average molecular weight is 177 g/mol. The van der Waals surface area contributed by atoms with Crippen LogP contribution in [0.25, 0.3) is 0 Å². The summed E-state index contributed by atoms with van der Waals surface area (Å²) >= 11 is 0. The lowest BCUT2D eigenvalue weighted by Crippen LogP contribution is -2.13. The number of hydrogen-bond donors (Lipinski definition) is 1. The van der Waals surface area contributed by atoms with Crippen molar-refractivity contribution in [2.75, 3.05) is 13.1 Å². The van der Waals surface area contributed by atoms with Gasteiger partial charge in [0, 0.05) is 17.8 Å². The van der Waals surface area contributed by atoms with Gasteiger partial charge in [-0.05, 0) is 38.4 Å². The van der Waals surface area contributed by atoms with Crippen molar-refractivity contribution >= 4 is 0 Å². The molecular weight excluding hydrogens is 162 g/mol. The van der Waals surface area contributed by atoms with Gasteiger partial charge in [0.15, 0.2) is 0 Å². The first-order valence-corrected chi connectivity index (χ1v) is 4.93. The van der Waals surface area contributed by atoms with E-state index in [1.165, 1.54) is 25.0 Å². The molecule has 1 fully saturated rings. The van der Waals surface area contributed by atoms with Crippen LogP contribution in [0.15, 0.2) is 18.6 Å². The van der Waals surface area contributed by atoms with Crippen molar-refractivity contribution in [1.82, 2.24) is 15.3 Å². The predicted octanol–water partition coefficient (Wildman–Crippen LogP) is 1.33. The molecule has 1 aliphatic rings. The third-order valence-electron chi connectivity index (χ3n) is 2.60. The highest BCUT2D eigenvalue weighted by molar-refractivity contribution is 5.06. The molecule has 0 saturated carbocycles. The van der Waals surface area contributed by atoms with Crippen LogP contribution in [0, 0.1) is 0 Å². The van der Waals surface area contributed by atoms with Gasteiger partial charge in [-0.2, -0.15) is 0 Å². The zero-order valence-corrected chi connectivity index (χ0v) is 7.74. The molecule has 0 bridgehead atoms. The van der Waals surface area contributed by atoms with Gasteiger partial charge in [-0.25, -0.2) is 9.97 Å². The summed E-state index contributed by atoms with van der Waals surface area (Å²) in [4.78, 5) is 8.24. The first kappa shape index (κ1) is 8.63. The quantitative estimate of drug-likeness (QED) is 0.703. The van der Waals surface area contributed by atoms with Crippen LogP contribution in [0.1, 0.15) is 30.9 Å². The fourth-order valence-electron chi connectivity index (χ4n) is 1.86. The summed E-state index contributed by atoms with van der Waals surface area (Å²) in [5.41, 5.74) is 1.21. The molecule has 0 aliphatic carbocycles. The molecule has 0 amide bonds. The van der Waals surface area contributed by atoms with Crippen molar-refractivity contribution in [2.24, 2.45) is 0 Å². The molecule has 1 aromatic rings. The molecule has 2 rings (SSSR count). The van der Waals surface area contributed by atoms with E-state index in [0.717, 1.165) is 13.1 Å². The molecule has 1 unspecified atom stereocenters. The lowest BCUT2D eigenvalue weighted by atomic mass is 9.97. The molecule has 0 radical (unpaired) electrons. The molecule has 2 heterocycles. The molecular formula is C10H15N3. The zero-order chi connectivity index (χ0) is 8.93. The minimum atomic E-state index is 0.637. The Balaban J connectivity index is 2.06. The number of nitrogens with zero attached hydrogens (tertiary/aromatic N) is 2. The summed E-state index contributed by atoms with van der Waals surface area (Å²) in [6, 6.07) is 2.04. The minimum absolute atomic E-state index is 0.637. The molecule has 1 saturated heterocycles. The third-order valence-corrected chi connectivity index (χ3v) is 2.60. The summed E-state index contributed by atoms with van der Waals surface area (Å²) in [7, 11) is 0. The van der Waals surface area contributed by atoms with Crippen LogP contribution >= 0.6 is 0 Å². The molecule has 1 atom stereocenters. The SMILES string of the molecule is c1cc(C2CCCNCC2)ncn1. The van der Waals surface area contributed by atoms with Gasteiger partial charge >= 0.3 is 0 Å². The van der Waals surface area contributed by atoms with Gasteiger partial charge in [-0.1, -0.05) is 0 Å². The first-order chi connectivity index (χ1) is 6.47. The Bertz CT molecular complexity index is 240. The van der Waals surface area contributed by atoms with E-state index in [0.29, 0.717) is 5.92 Å². The predicted molar refractivity (Wildman–Crippen MR) is 51.5 cm³/mol. The average Bonchev–Trinajstić information content (AvgIpc) is 2.47. The molecule has 1 aromatic heterocycles. The summed E-state index contributed by atoms with van der Waals surface area (Å²) < 4.78 is 0. The van der Waals surface area contributed by atoms with Crippen molar-refractivity contribution in [1.29, 1.82) is 0 Å². The van der Waals surface area contributed by atoms with Crippen LogP contribution in [-0.4, -0.2) is 23.1 Å². The fourth-order valence-corrected chi connectivity index (χ4v) is 1.86. The van der Waals surface area contributed by atoms with E-state index >= 15 is 0 Å². The largest absolute Gasteiger partial charge is 0.317 e. The lowest BCUT2D eigenvalue weighted by Gasteiger charge is -2.11. The first-order valence-electron chi connectivity index (χ1n) is 4.93. The van der Waals surface area contributed by atoms with Crippen LogP contribution in [0.4, 0.5) is 0 Å². The Hall–Kier alpha value is -0.960. The van der Waals surface area contributed by atoms with E-state index in [9.17, 15) is 0 Å². The second-order valence-electron chi connectivity index (χ2n) is 3.51. The summed E-state index contributed by atoms with van der Waals surface area (Å²) in [6.07, 6.45) is 7.20. The lowest BCUT2D eigenvalue weighted by molar-refractivity contribution is 0.592. The minimum Gasteiger partial charge on any atom is -0.317 e. The van der Waals surface area contributed by atoms with Gasteiger partial charge in [0.05, 0.1) is 0 Å². The Labute approximate surface area is 78.6 Å². The van der Waals surface area contributed by atoms with Gasteiger partial charge in [-0.15, -0.1) is 0 Å². The van der Waals surface area contributed by atoms with Gasteiger partial charge in [-0.3, -0.25) is 0 Å². The zero-order valence-electron chi connectivity index (χ0n) is 7.74. The Morgan fingerprint density at radius 1 is 1.31 bits per heavy atom. The smallest absolute Gasteiger partial charge is 0.115 e. The molecule has 3 nitrogen and oxygen atoms in total. The van der Waals surface area contributed by atoms with Crippen molar-refractivity contribution in [3.63, 3.8) is 0 Å². The molecule has 0 spiro atoms. The normalized spacial score (nSPS) is 23.8. The maximum Gasteiger partial charge on any atom is 0.115 e. The molecule has 1 aliphatic heterocycles. The van der Waals surface area contributed by atoms with E-state index in [1.807, 2.05) is 12.3 Å². The molecule has 3 heteroatoms. The van der Waals surface area contributed by atoms with Gasteiger partial charge in [0.2, 0.25) is 0 Å². The monoisotopic (exact) mass is 177 g/mol. The van der Waals surface area contributed by atoms with E-state index in [4.69, 9.17) is 0 Å². The van der Waals surface area contributed by atoms with Crippen LogP contribution in [0.2, 0.25) is 0 Å². The maximum absolute atomic E-state index is 4.31. The van der Waals surface area contributed by atoms with Crippen LogP contribution in [0.3, 0.4) is 0 Å². The maximum atomic E-state index is 4.31. The Morgan fingerprint density at radius 3 is 3.15 bits per heavy atom. The van der Waals surface area contributed by atoms with E-state index in [1.54, 1.807) is 6.33 Å². The van der Waals surface area contributed by atoms with E-state index < -0.39 is 0 Å². The second-order valence-corrected chi connectivity index (χ2v) is 3.51. The van der Waals surface area contributed by atoms with Crippen LogP contribution in [-0.2, 0) is 0 Å². The Kier molecular flexibility index (Phi) is 2.87. The standard InChI is InChI=1S/C10H15N3/c1-2-9(3-6-11-5-1)10-4-7-12-8-13-10/h4,7-9,11H,1-3,5-6H2. The molecule has 13 heavy (non-hydrogen) atoms. The number of aromatic nitrogens is 2. The van der Waals surface area contributed by atoms with Gasteiger partial charge in [0.1, 0.15) is 6.33 Å². The highest BCUT2D eigenvalue weighted by Gasteiger charge is 2.14. The fraction of sp³-hybridized carbons (Fsp3) is 0.600. The third kappa shape index (κ3) is 2.25. The van der Waals surface area contributed by atoms with E-state index in [2.05, 4.69) is 15.3 Å². The summed E-state index contributed by atoms with van der Waals surface area (Å²) in [6.45, 7) is 2.27. The Morgan fingerprint density at radius 2 is 2.31 bits per heavy atom. The summed E-state index contributed by atoms with van der Waals surface area (Å²) in [5.74, 6) is 0.637. The van der Waals surface area contributed by atoms with Gasteiger partial charge < -0.3 is 5.32 Å². The van der Waals surface area contributed by atoms with E-state index in [-0.39, 0.29) is 0 Å². The number of rotatable bonds is 1. The molecule has 1 N–H and O–H groups in total. The molecule has 0 aromatic carbocycles. The molecule has 70 valence electrons. The van der Waals surface area contributed by atoms with Crippen LogP contribution < -0.4 is 5.32 Å².